The molecule has 0 radical (unpaired) electrons. The molecule has 0 bridgehead atoms. The first-order valence-corrected chi connectivity index (χ1v) is 8.05. The zero-order valence-corrected chi connectivity index (χ0v) is 12.9. The Labute approximate surface area is 124 Å². The van der Waals surface area contributed by atoms with Crippen LogP contribution in [0, 0.1) is 11.8 Å². The molecule has 2 heterocycles. The monoisotopic (exact) mass is 297 g/mol. The van der Waals surface area contributed by atoms with Crippen molar-refractivity contribution in [3.8, 4) is 0 Å². The Kier molecular flexibility index (Phi) is 5.18. The summed E-state index contributed by atoms with van der Waals surface area (Å²) in [6.45, 7) is 5.43. The molecule has 2 rings (SSSR count). The summed E-state index contributed by atoms with van der Waals surface area (Å²) in [4.78, 5) is 12.2. The van der Waals surface area contributed by atoms with Gasteiger partial charge in [0, 0.05) is 19.1 Å². The molecular weight excluding hydrogens is 274 g/mol. The van der Waals surface area contributed by atoms with Gasteiger partial charge in [0.2, 0.25) is 5.91 Å². The van der Waals surface area contributed by atoms with E-state index in [1.54, 1.807) is 18.3 Å². The second kappa shape index (κ2) is 6.70. The highest BCUT2D eigenvalue weighted by Crippen LogP contribution is 2.25. The molecule has 1 aliphatic rings. The lowest BCUT2D eigenvalue weighted by Crippen LogP contribution is -2.42. The summed E-state index contributed by atoms with van der Waals surface area (Å²) in [7, 11) is 0. The summed E-state index contributed by atoms with van der Waals surface area (Å²) in [6.07, 6.45) is 1.88. The number of hydrogen-bond acceptors (Lipinski definition) is 4. The number of aliphatic hydroxyl groups is 1. The topological polar surface area (TPSA) is 58.6 Å². The molecular formula is C15H23NO3S. The van der Waals surface area contributed by atoms with Gasteiger partial charge in [-0.15, -0.1) is 0 Å². The van der Waals surface area contributed by atoms with E-state index in [1.165, 1.54) is 0 Å². The molecule has 0 aliphatic carbocycles. The number of amides is 1. The second-order valence-corrected chi connectivity index (χ2v) is 6.52. The first-order chi connectivity index (χ1) is 9.50. The molecule has 1 amide bonds. The number of thiophene rings is 1. The molecule has 1 aromatic rings. The Hall–Kier alpha value is -0.910. The van der Waals surface area contributed by atoms with Gasteiger partial charge in [0.05, 0.1) is 6.54 Å². The Morgan fingerprint density at radius 3 is 2.90 bits per heavy atom. The van der Waals surface area contributed by atoms with E-state index in [-0.39, 0.29) is 18.4 Å². The highest BCUT2D eigenvalue weighted by molar-refractivity contribution is 7.08. The summed E-state index contributed by atoms with van der Waals surface area (Å²) in [5.74, 6) is 0.374. The van der Waals surface area contributed by atoms with Gasteiger partial charge in [-0.25, -0.2) is 0 Å². The lowest BCUT2D eigenvalue weighted by Gasteiger charge is -2.29. The quantitative estimate of drug-likeness (QED) is 0.875. The van der Waals surface area contributed by atoms with E-state index in [0.29, 0.717) is 5.92 Å². The van der Waals surface area contributed by atoms with Gasteiger partial charge in [-0.1, -0.05) is 6.92 Å². The second-order valence-electron chi connectivity index (χ2n) is 5.74. The lowest BCUT2D eigenvalue weighted by atomic mass is 9.86. The standard InChI is InChI=1S/C15H23NO3S/c1-11(12-3-6-19-7-4-12)14(17)16-10-15(2,18)13-5-8-20-9-13/h5,8-9,11-12,18H,3-4,6-7,10H2,1-2H3,(H,16,17). The van der Waals surface area contributed by atoms with E-state index in [0.717, 1.165) is 31.6 Å². The zero-order chi connectivity index (χ0) is 14.6. The number of nitrogens with one attached hydrogen (secondary N) is 1. The molecule has 5 heteroatoms. The number of carbonyl (C=O) groups is 1. The van der Waals surface area contributed by atoms with Crippen molar-refractivity contribution in [2.45, 2.75) is 32.3 Å². The van der Waals surface area contributed by atoms with Gasteiger partial charge in [-0.2, -0.15) is 11.3 Å². The molecule has 20 heavy (non-hydrogen) atoms. The van der Waals surface area contributed by atoms with Crippen LogP contribution in [0.15, 0.2) is 16.8 Å². The third kappa shape index (κ3) is 3.81. The molecule has 2 N–H and O–H groups in total. The molecule has 1 saturated heterocycles. The minimum absolute atomic E-state index is 0.0207. The molecule has 4 nitrogen and oxygen atoms in total. The maximum atomic E-state index is 12.2. The van der Waals surface area contributed by atoms with E-state index in [4.69, 9.17) is 4.74 Å². The summed E-state index contributed by atoms with van der Waals surface area (Å²) in [5, 5.41) is 17.1. The third-order valence-electron chi connectivity index (χ3n) is 4.14. The summed E-state index contributed by atoms with van der Waals surface area (Å²) in [6, 6.07) is 1.89. The van der Waals surface area contributed by atoms with Gasteiger partial charge < -0.3 is 15.2 Å². The van der Waals surface area contributed by atoms with Crippen molar-refractivity contribution in [3.05, 3.63) is 22.4 Å². The van der Waals surface area contributed by atoms with Crippen LogP contribution >= 0.6 is 11.3 Å². The van der Waals surface area contributed by atoms with Crippen molar-refractivity contribution < 1.29 is 14.6 Å². The van der Waals surface area contributed by atoms with Crippen LogP contribution in [0.2, 0.25) is 0 Å². The molecule has 0 spiro atoms. The third-order valence-corrected chi connectivity index (χ3v) is 4.82. The molecule has 1 fully saturated rings. The van der Waals surface area contributed by atoms with Crippen molar-refractivity contribution in [3.63, 3.8) is 0 Å². The van der Waals surface area contributed by atoms with E-state index < -0.39 is 5.60 Å². The van der Waals surface area contributed by atoms with Crippen molar-refractivity contribution in [1.29, 1.82) is 0 Å². The number of hydrogen-bond donors (Lipinski definition) is 2. The van der Waals surface area contributed by atoms with Crippen LogP contribution in [0.3, 0.4) is 0 Å². The van der Waals surface area contributed by atoms with E-state index in [1.807, 2.05) is 23.8 Å². The van der Waals surface area contributed by atoms with Crippen molar-refractivity contribution >= 4 is 17.2 Å². The summed E-state index contributed by atoms with van der Waals surface area (Å²) < 4.78 is 5.32. The number of ether oxygens (including phenoxy) is 1. The van der Waals surface area contributed by atoms with Crippen LogP contribution in [-0.4, -0.2) is 30.8 Å². The van der Waals surface area contributed by atoms with Crippen LogP contribution in [0.25, 0.3) is 0 Å². The Balaban J connectivity index is 1.85. The summed E-state index contributed by atoms with van der Waals surface area (Å²) in [5.41, 5.74) is -0.160. The average molecular weight is 297 g/mol. The van der Waals surface area contributed by atoms with Gasteiger partial charge in [-0.3, -0.25) is 4.79 Å². The van der Waals surface area contributed by atoms with E-state index >= 15 is 0 Å². The minimum Gasteiger partial charge on any atom is -0.384 e. The van der Waals surface area contributed by atoms with Crippen LogP contribution in [-0.2, 0) is 15.1 Å². The van der Waals surface area contributed by atoms with Crippen LogP contribution < -0.4 is 5.32 Å². The highest BCUT2D eigenvalue weighted by atomic mass is 32.1. The van der Waals surface area contributed by atoms with Gasteiger partial charge in [0.15, 0.2) is 0 Å². The van der Waals surface area contributed by atoms with Gasteiger partial charge >= 0.3 is 0 Å². The first-order valence-electron chi connectivity index (χ1n) is 7.11. The van der Waals surface area contributed by atoms with Crippen molar-refractivity contribution in [2.24, 2.45) is 11.8 Å². The Bertz CT molecular complexity index is 424. The van der Waals surface area contributed by atoms with E-state index in [2.05, 4.69) is 5.32 Å². The maximum absolute atomic E-state index is 12.2. The molecule has 0 saturated carbocycles. The Morgan fingerprint density at radius 2 is 2.30 bits per heavy atom. The number of carbonyl (C=O) groups excluding carboxylic acids is 1. The molecule has 112 valence electrons. The SMILES string of the molecule is CC(C(=O)NCC(C)(O)c1ccsc1)C1CCOCC1. The molecule has 1 aromatic heterocycles. The molecule has 0 aromatic carbocycles. The fourth-order valence-corrected chi connectivity index (χ4v) is 3.31. The first kappa shape index (κ1) is 15.5. The van der Waals surface area contributed by atoms with Crippen LogP contribution in [0.4, 0.5) is 0 Å². The van der Waals surface area contributed by atoms with E-state index in [9.17, 15) is 9.90 Å². The molecule has 2 unspecified atom stereocenters. The van der Waals surface area contributed by atoms with Crippen molar-refractivity contribution in [2.75, 3.05) is 19.8 Å². The molecule has 1 aliphatic heterocycles. The highest BCUT2D eigenvalue weighted by Gasteiger charge is 2.29. The predicted octanol–water partition coefficient (Wildman–Crippen LogP) is 2.13. The van der Waals surface area contributed by atoms with Gasteiger partial charge in [0.25, 0.3) is 0 Å². The van der Waals surface area contributed by atoms with Crippen molar-refractivity contribution in [1.82, 2.24) is 5.32 Å². The summed E-state index contributed by atoms with van der Waals surface area (Å²) >= 11 is 1.54. The number of rotatable bonds is 5. The maximum Gasteiger partial charge on any atom is 0.223 e. The largest absolute Gasteiger partial charge is 0.384 e. The fourth-order valence-electron chi connectivity index (χ4n) is 2.52. The lowest BCUT2D eigenvalue weighted by molar-refractivity contribution is -0.128. The van der Waals surface area contributed by atoms with Crippen LogP contribution in [0.1, 0.15) is 32.3 Å². The minimum atomic E-state index is -1.01. The zero-order valence-electron chi connectivity index (χ0n) is 12.1. The molecule has 2 atom stereocenters. The Morgan fingerprint density at radius 1 is 1.60 bits per heavy atom. The smallest absolute Gasteiger partial charge is 0.223 e. The van der Waals surface area contributed by atoms with Crippen LogP contribution in [0.5, 0.6) is 0 Å². The fraction of sp³-hybridized carbons (Fsp3) is 0.667. The van der Waals surface area contributed by atoms with Gasteiger partial charge in [0.1, 0.15) is 5.60 Å². The van der Waals surface area contributed by atoms with Gasteiger partial charge in [-0.05, 0) is 48.1 Å². The normalized spacial score (nSPS) is 21.1. The predicted molar refractivity (Wildman–Crippen MR) is 79.6 cm³/mol. The average Bonchev–Trinajstić information content (AvgIpc) is 3.00.